The van der Waals surface area contributed by atoms with Gasteiger partial charge in [0.2, 0.25) is 0 Å². The largest absolute Gasteiger partial charge is 0.397 e. The van der Waals surface area contributed by atoms with E-state index in [0.717, 1.165) is 0 Å². The Kier molecular flexibility index (Phi) is 4.56. The maximum absolute atomic E-state index is 13.3. The van der Waals surface area contributed by atoms with Gasteiger partial charge in [-0.1, -0.05) is 13.8 Å². The summed E-state index contributed by atoms with van der Waals surface area (Å²) in [7, 11) is 0. The predicted molar refractivity (Wildman–Crippen MR) is 67.8 cm³/mol. The Morgan fingerprint density at radius 3 is 2.62 bits per heavy atom. The minimum Gasteiger partial charge on any atom is -0.397 e. The number of nitrogens with two attached hydrogens (primary N) is 1. The number of rotatable bonds is 4. The molecule has 4 N–H and O–H groups in total. The number of nitrogens with one attached hydrogen (secondary N) is 1. The van der Waals surface area contributed by atoms with E-state index in [1.807, 2.05) is 13.8 Å². The molecule has 0 fully saturated rings. The van der Waals surface area contributed by atoms with Crippen molar-refractivity contribution in [1.82, 2.24) is 0 Å². The van der Waals surface area contributed by atoms with Crippen LogP contribution in [-0.2, 0) is 0 Å². The second-order valence-corrected chi connectivity index (χ2v) is 4.89. The second kappa shape index (κ2) is 5.50. The number of halogens is 2. The molecule has 0 bridgehead atoms. The van der Waals surface area contributed by atoms with E-state index in [1.165, 1.54) is 12.1 Å². The molecule has 0 saturated heterocycles. The smallest absolute Gasteiger partial charge is 0.139 e. The lowest BCUT2D eigenvalue weighted by atomic mass is 10.0. The number of nitrogen functional groups attached to an aromatic ring is 1. The third-order valence-corrected chi connectivity index (χ3v) is 3.04. The average Bonchev–Trinajstić information content (AvgIpc) is 2.21. The SMILES string of the molecule is CC(C)[C@@H](CO)Nc1cc(F)c(Br)cc1N. The van der Waals surface area contributed by atoms with Crippen LogP contribution in [0.3, 0.4) is 0 Å². The van der Waals surface area contributed by atoms with Gasteiger partial charge in [0, 0.05) is 6.07 Å². The topological polar surface area (TPSA) is 58.3 Å². The Bertz CT molecular complexity index is 371. The van der Waals surface area contributed by atoms with Crippen LogP contribution in [0.1, 0.15) is 13.8 Å². The third-order valence-electron chi connectivity index (χ3n) is 2.43. The van der Waals surface area contributed by atoms with E-state index in [0.29, 0.717) is 15.8 Å². The lowest BCUT2D eigenvalue weighted by Crippen LogP contribution is -2.29. The van der Waals surface area contributed by atoms with Gasteiger partial charge in [0.15, 0.2) is 0 Å². The van der Waals surface area contributed by atoms with Crippen molar-refractivity contribution >= 4 is 27.3 Å². The molecule has 16 heavy (non-hydrogen) atoms. The maximum atomic E-state index is 13.3. The van der Waals surface area contributed by atoms with Crippen LogP contribution in [0.4, 0.5) is 15.8 Å². The first kappa shape index (κ1) is 13.3. The van der Waals surface area contributed by atoms with Crippen molar-refractivity contribution in [3.05, 3.63) is 22.4 Å². The van der Waals surface area contributed by atoms with Gasteiger partial charge in [-0.05, 0) is 27.9 Å². The highest BCUT2D eigenvalue weighted by atomic mass is 79.9. The average molecular weight is 291 g/mol. The summed E-state index contributed by atoms with van der Waals surface area (Å²) in [5, 5.41) is 12.2. The molecule has 0 heterocycles. The summed E-state index contributed by atoms with van der Waals surface area (Å²) in [6, 6.07) is 2.69. The Hall–Kier alpha value is -0.810. The van der Waals surface area contributed by atoms with Crippen LogP contribution in [0.5, 0.6) is 0 Å². The number of aliphatic hydroxyl groups is 1. The van der Waals surface area contributed by atoms with Gasteiger partial charge in [0.1, 0.15) is 5.82 Å². The monoisotopic (exact) mass is 290 g/mol. The zero-order valence-corrected chi connectivity index (χ0v) is 10.9. The van der Waals surface area contributed by atoms with E-state index in [9.17, 15) is 4.39 Å². The molecular weight excluding hydrogens is 275 g/mol. The molecule has 0 saturated carbocycles. The van der Waals surface area contributed by atoms with E-state index < -0.39 is 0 Å². The van der Waals surface area contributed by atoms with Crippen molar-refractivity contribution in [2.75, 3.05) is 17.7 Å². The summed E-state index contributed by atoms with van der Waals surface area (Å²) >= 11 is 3.06. The fraction of sp³-hybridized carbons (Fsp3) is 0.455. The molecule has 0 aliphatic rings. The van der Waals surface area contributed by atoms with Crippen molar-refractivity contribution in [3.8, 4) is 0 Å². The standard InChI is InChI=1S/C11H16BrFN2O/c1-6(2)11(5-16)15-10-4-8(13)7(12)3-9(10)14/h3-4,6,11,15-16H,5,14H2,1-2H3/t11-/m1/s1. The van der Waals surface area contributed by atoms with Gasteiger partial charge in [-0.2, -0.15) is 0 Å². The fourth-order valence-corrected chi connectivity index (χ4v) is 1.67. The number of anilines is 2. The lowest BCUT2D eigenvalue weighted by Gasteiger charge is -2.22. The Labute approximate surface area is 103 Å². The van der Waals surface area contributed by atoms with Crippen molar-refractivity contribution in [3.63, 3.8) is 0 Å². The molecule has 3 nitrogen and oxygen atoms in total. The first-order valence-corrected chi connectivity index (χ1v) is 5.87. The molecule has 1 atom stereocenters. The van der Waals surface area contributed by atoms with Crippen molar-refractivity contribution < 1.29 is 9.50 Å². The minimum absolute atomic E-state index is 0.0191. The number of aliphatic hydroxyl groups excluding tert-OH is 1. The first-order chi connectivity index (χ1) is 7.45. The van der Waals surface area contributed by atoms with Gasteiger partial charge in [-0.15, -0.1) is 0 Å². The molecule has 5 heteroatoms. The summed E-state index contributed by atoms with van der Waals surface area (Å²) in [6.07, 6.45) is 0. The summed E-state index contributed by atoms with van der Waals surface area (Å²) in [5.41, 5.74) is 6.71. The normalized spacial score (nSPS) is 12.9. The maximum Gasteiger partial charge on any atom is 0.139 e. The molecular formula is C11H16BrFN2O. The molecule has 90 valence electrons. The van der Waals surface area contributed by atoms with Gasteiger partial charge < -0.3 is 16.2 Å². The van der Waals surface area contributed by atoms with Crippen LogP contribution < -0.4 is 11.1 Å². The molecule has 0 aromatic heterocycles. The molecule has 0 spiro atoms. The zero-order chi connectivity index (χ0) is 12.3. The van der Waals surface area contributed by atoms with Crippen LogP contribution in [0, 0.1) is 11.7 Å². The highest BCUT2D eigenvalue weighted by Gasteiger charge is 2.14. The van der Waals surface area contributed by atoms with Crippen LogP contribution in [-0.4, -0.2) is 17.8 Å². The molecule has 1 aromatic carbocycles. The summed E-state index contributed by atoms with van der Waals surface area (Å²) in [5.74, 6) is -0.145. The van der Waals surface area contributed by atoms with Gasteiger partial charge in [0.25, 0.3) is 0 Å². The predicted octanol–water partition coefficient (Wildman–Crippen LogP) is 2.60. The fourth-order valence-electron chi connectivity index (χ4n) is 1.31. The van der Waals surface area contributed by atoms with Crippen LogP contribution >= 0.6 is 15.9 Å². The second-order valence-electron chi connectivity index (χ2n) is 4.03. The number of benzene rings is 1. The minimum atomic E-state index is -0.378. The van der Waals surface area contributed by atoms with Crippen molar-refractivity contribution in [2.24, 2.45) is 5.92 Å². The van der Waals surface area contributed by atoms with E-state index in [-0.39, 0.29) is 24.4 Å². The summed E-state index contributed by atoms with van der Waals surface area (Å²) in [4.78, 5) is 0. The van der Waals surface area contributed by atoms with E-state index in [2.05, 4.69) is 21.2 Å². The van der Waals surface area contributed by atoms with Crippen LogP contribution in [0.15, 0.2) is 16.6 Å². The first-order valence-electron chi connectivity index (χ1n) is 5.07. The van der Waals surface area contributed by atoms with Crippen molar-refractivity contribution in [1.29, 1.82) is 0 Å². The lowest BCUT2D eigenvalue weighted by molar-refractivity contribution is 0.249. The third kappa shape index (κ3) is 3.09. The zero-order valence-electron chi connectivity index (χ0n) is 9.30. The highest BCUT2D eigenvalue weighted by molar-refractivity contribution is 9.10. The Balaban J connectivity index is 2.92. The molecule has 0 amide bonds. The van der Waals surface area contributed by atoms with Crippen LogP contribution in [0.2, 0.25) is 0 Å². The molecule has 0 radical (unpaired) electrons. The van der Waals surface area contributed by atoms with Gasteiger partial charge in [-0.3, -0.25) is 0 Å². The highest BCUT2D eigenvalue weighted by Crippen LogP contribution is 2.27. The summed E-state index contributed by atoms with van der Waals surface area (Å²) < 4.78 is 13.6. The quantitative estimate of drug-likeness (QED) is 0.747. The summed E-state index contributed by atoms with van der Waals surface area (Å²) in [6.45, 7) is 3.92. The Morgan fingerprint density at radius 1 is 1.50 bits per heavy atom. The van der Waals surface area contributed by atoms with E-state index in [4.69, 9.17) is 10.8 Å². The molecule has 0 aliphatic heterocycles. The van der Waals surface area contributed by atoms with Crippen molar-refractivity contribution in [2.45, 2.75) is 19.9 Å². The molecule has 0 aliphatic carbocycles. The van der Waals surface area contributed by atoms with Gasteiger partial charge >= 0.3 is 0 Å². The Morgan fingerprint density at radius 2 is 2.12 bits per heavy atom. The molecule has 0 unspecified atom stereocenters. The molecule has 1 aromatic rings. The number of hydrogen-bond acceptors (Lipinski definition) is 3. The van der Waals surface area contributed by atoms with Gasteiger partial charge in [-0.25, -0.2) is 4.39 Å². The van der Waals surface area contributed by atoms with E-state index >= 15 is 0 Å². The molecule has 1 rings (SSSR count). The number of hydrogen-bond donors (Lipinski definition) is 3. The van der Waals surface area contributed by atoms with E-state index in [1.54, 1.807) is 0 Å². The van der Waals surface area contributed by atoms with Crippen LogP contribution in [0.25, 0.3) is 0 Å². The van der Waals surface area contributed by atoms with Gasteiger partial charge in [0.05, 0.1) is 28.5 Å².